The molecule has 49 heavy (non-hydrogen) atoms. The number of hydrogen-bond acceptors (Lipinski definition) is 9. The molecule has 3 aromatic carbocycles. The third-order valence-electron chi connectivity index (χ3n) is 8.46. The molecular formula is C36H38F2N8O3. The van der Waals surface area contributed by atoms with E-state index in [1.165, 1.54) is 34.5 Å². The predicted molar refractivity (Wildman–Crippen MR) is 180 cm³/mol. The highest BCUT2D eigenvalue weighted by Gasteiger charge is 2.35. The summed E-state index contributed by atoms with van der Waals surface area (Å²) >= 11 is 0. The first-order valence-corrected chi connectivity index (χ1v) is 16.2. The van der Waals surface area contributed by atoms with Gasteiger partial charge in [0.25, 0.3) is 0 Å². The van der Waals surface area contributed by atoms with Gasteiger partial charge in [-0.1, -0.05) is 36.4 Å². The molecule has 6 rings (SSSR count). The van der Waals surface area contributed by atoms with Crippen LogP contribution in [0.2, 0.25) is 0 Å². The van der Waals surface area contributed by atoms with Gasteiger partial charge in [0.2, 0.25) is 0 Å². The van der Waals surface area contributed by atoms with E-state index in [4.69, 9.17) is 4.74 Å². The van der Waals surface area contributed by atoms with Crippen molar-refractivity contribution in [3.8, 4) is 5.75 Å². The number of piperazine rings is 1. The van der Waals surface area contributed by atoms with Crippen LogP contribution < -0.4 is 9.64 Å². The average molecular weight is 669 g/mol. The molecule has 11 nitrogen and oxygen atoms in total. The number of allylic oxidation sites excluding steroid dienone is 1. The number of ether oxygens (including phenoxy) is 1. The number of hydrogen-bond donors (Lipinski definition) is 1. The van der Waals surface area contributed by atoms with E-state index in [2.05, 4.69) is 37.1 Å². The van der Waals surface area contributed by atoms with Gasteiger partial charge in [-0.05, 0) is 67.1 Å². The van der Waals surface area contributed by atoms with Crippen LogP contribution in [-0.2, 0) is 25.3 Å². The van der Waals surface area contributed by atoms with E-state index in [-0.39, 0.29) is 31.0 Å². The summed E-state index contributed by atoms with van der Waals surface area (Å²) in [5, 5.41) is 23.7. The van der Waals surface area contributed by atoms with Crippen molar-refractivity contribution in [1.29, 1.82) is 0 Å². The van der Waals surface area contributed by atoms with Gasteiger partial charge in [-0.25, -0.2) is 23.1 Å². The Hall–Kier alpha value is -5.27. The monoisotopic (exact) mass is 668 g/mol. The first kappa shape index (κ1) is 33.6. The summed E-state index contributed by atoms with van der Waals surface area (Å²) in [6.07, 6.45) is 8.77. The molecule has 0 amide bonds. The lowest BCUT2D eigenvalue weighted by Crippen LogP contribution is -2.46. The second kappa shape index (κ2) is 15.3. The lowest BCUT2D eigenvalue weighted by molar-refractivity contribution is -0.00892. The van der Waals surface area contributed by atoms with E-state index in [1.807, 2.05) is 36.4 Å². The normalized spacial score (nSPS) is 15.1. The van der Waals surface area contributed by atoms with Crippen LogP contribution in [0.4, 0.5) is 14.5 Å². The molecule has 2 aromatic heterocycles. The van der Waals surface area contributed by atoms with Crippen LogP contribution in [-0.4, -0.2) is 78.3 Å². The predicted octanol–water partition coefficient (Wildman–Crippen LogP) is 4.74. The van der Waals surface area contributed by atoms with Crippen LogP contribution in [0.1, 0.15) is 40.5 Å². The standard InChI is InChI=1S/C36H38F2N8O3/c1-2-15-43-16-18-44(19-17-43)31-9-6-28(7-10-31)35(47)14-5-27-3-11-32(12-4-27)49-22-30-21-45(42-41-30)23-36(48,24-46-26-39-25-40-46)33-13-8-29(37)20-34(33)38/h3-14,20-21,25-26,48H,2,15-19,22-24H2,1H3. The van der Waals surface area contributed by atoms with E-state index in [9.17, 15) is 18.7 Å². The summed E-state index contributed by atoms with van der Waals surface area (Å²) in [5.41, 5.74) is 1.14. The highest BCUT2D eigenvalue weighted by Crippen LogP contribution is 2.28. The van der Waals surface area contributed by atoms with Gasteiger partial charge >= 0.3 is 0 Å². The van der Waals surface area contributed by atoms with E-state index < -0.39 is 17.2 Å². The van der Waals surface area contributed by atoms with Crippen LogP contribution in [0.25, 0.3) is 6.08 Å². The number of rotatable bonds is 14. The minimum absolute atomic E-state index is 0.0712. The molecule has 3 heterocycles. The van der Waals surface area contributed by atoms with Crippen LogP contribution in [0.15, 0.2) is 91.7 Å². The fourth-order valence-corrected chi connectivity index (χ4v) is 5.90. The molecular weight excluding hydrogens is 630 g/mol. The summed E-state index contributed by atoms with van der Waals surface area (Å²) in [5.74, 6) is -1.14. The fraction of sp³-hybridized carbons (Fsp3) is 0.306. The van der Waals surface area contributed by atoms with Gasteiger partial charge in [-0.3, -0.25) is 9.69 Å². The maximum absolute atomic E-state index is 14.7. The van der Waals surface area contributed by atoms with E-state index in [0.717, 1.165) is 56.1 Å². The second-order valence-corrected chi connectivity index (χ2v) is 12.1. The number of aromatic nitrogens is 6. The Kier molecular flexibility index (Phi) is 10.5. The Morgan fingerprint density at radius 2 is 1.73 bits per heavy atom. The third-order valence-corrected chi connectivity index (χ3v) is 8.46. The number of aliphatic hydroxyl groups is 1. The number of benzene rings is 3. The van der Waals surface area contributed by atoms with Crippen molar-refractivity contribution in [2.75, 3.05) is 37.6 Å². The molecule has 1 aliphatic heterocycles. The topological polar surface area (TPSA) is 114 Å². The maximum Gasteiger partial charge on any atom is 0.185 e. The molecule has 1 saturated heterocycles. The Morgan fingerprint density at radius 3 is 2.43 bits per heavy atom. The van der Waals surface area contributed by atoms with Gasteiger partial charge in [0.15, 0.2) is 5.78 Å². The smallest absolute Gasteiger partial charge is 0.185 e. The van der Waals surface area contributed by atoms with Gasteiger partial charge in [0, 0.05) is 49.1 Å². The van der Waals surface area contributed by atoms with E-state index in [0.29, 0.717) is 17.0 Å². The van der Waals surface area contributed by atoms with Crippen molar-refractivity contribution in [1.82, 2.24) is 34.7 Å². The van der Waals surface area contributed by atoms with Gasteiger partial charge in [0.05, 0.1) is 19.3 Å². The summed E-state index contributed by atoms with van der Waals surface area (Å²) in [6, 6.07) is 18.1. The van der Waals surface area contributed by atoms with Gasteiger partial charge in [-0.2, -0.15) is 5.10 Å². The molecule has 1 fully saturated rings. The van der Waals surface area contributed by atoms with Crippen molar-refractivity contribution >= 4 is 17.5 Å². The van der Waals surface area contributed by atoms with E-state index in [1.54, 1.807) is 30.5 Å². The average Bonchev–Trinajstić information content (AvgIpc) is 3.79. The highest BCUT2D eigenvalue weighted by molar-refractivity contribution is 6.07. The lowest BCUT2D eigenvalue weighted by atomic mass is 9.93. The molecule has 1 N–H and O–H groups in total. The molecule has 0 aliphatic carbocycles. The largest absolute Gasteiger partial charge is 0.487 e. The maximum atomic E-state index is 14.7. The minimum atomic E-state index is -1.84. The van der Waals surface area contributed by atoms with Gasteiger partial charge in [-0.15, -0.1) is 5.10 Å². The van der Waals surface area contributed by atoms with Crippen molar-refractivity contribution in [2.24, 2.45) is 0 Å². The lowest BCUT2D eigenvalue weighted by Gasteiger charge is -2.36. The molecule has 0 spiro atoms. The highest BCUT2D eigenvalue weighted by atomic mass is 19.1. The molecule has 13 heteroatoms. The van der Waals surface area contributed by atoms with Crippen LogP contribution in [0.5, 0.6) is 5.75 Å². The molecule has 0 radical (unpaired) electrons. The molecule has 254 valence electrons. The van der Waals surface area contributed by atoms with E-state index >= 15 is 0 Å². The Balaban J connectivity index is 1.02. The van der Waals surface area contributed by atoms with Crippen molar-refractivity contribution < 1.29 is 23.4 Å². The zero-order chi connectivity index (χ0) is 34.2. The summed E-state index contributed by atoms with van der Waals surface area (Å²) in [4.78, 5) is 21.5. The molecule has 0 saturated carbocycles. The molecule has 0 bridgehead atoms. The summed E-state index contributed by atoms with van der Waals surface area (Å²) < 4.78 is 36.9. The summed E-state index contributed by atoms with van der Waals surface area (Å²) in [7, 11) is 0. The minimum Gasteiger partial charge on any atom is -0.487 e. The van der Waals surface area contributed by atoms with Crippen LogP contribution >= 0.6 is 0 Å². The Morgan fingerprint density at radius 1 is 0.980 bits per heavy atom. The van der Waals surface area contributed by atoms with Crippen LogP contribution in [0, 0.1) is 11.6 Å². The molecule has 1 atom stereocenters. The molecule has 1 aliphatic rings. The first-order valence-electron chi connectivity index (χ1n) is 16.2. The quantitative estimate of drug-likeness (QED) is 0.132. The van der Waals surface area contributed by atoms with Crippen molar-refractivity contribution in [2.45, 2.75) is 38.6 Å². The van der Waals surface area contributed by atoms with Crippen molar-refractivity contribution in [3.63, 3.8) is 0 Å². The number of anilines is 1. The first-order chi connectivity index (χ1) is 23.8. The Labute approximate surface area is 283 Å². The fourth-order valence-electron chi connectivity index (χ4n) is 5.90. The molecule has 1 unspecified atom stereocenters. The van der Waals surface area contributed by atoms with Gasteiger partial charge in [0.1, 0.15) is 47.9 Å². The van der Waals surface area contributed by atoms with Gasteiger partial charge < -0.3 is 14.7 Å². The van der Waals surface area contributed by atoms with Crippen molar-refractivity contribution in [3.05, 3.63) is 126 Å². The zero-order valence-corrected chi connectivity index (χ0v) is 27.2. The number of carbonyl (C=O) groups is 1. The third kappa shape index (κ3) is 8.61. The zero-order valence-electron chi connectivity index (χ0n) is 27.2. The number of carbonyl (C=O) groups excluding carboxylic acids is 1. The molecule has 5 aromatic rings. The number of nitrogens with zero attached hydrogens (tertiary/aromatic N) is 8. The Bertz CT molecular complexity index is 1850. The van der Waals surface area contributed by atoms with Crippen LogP contribution in [0.3, 0.4) is 0 Å². The number of ketones is 1. The summed E-state index contributed by atoms with van der Waals surface area (Å²) in [6.45, 7) is 7.18. The number of halogens is 2. The SMILES string of the molecule is CCCN1CCN(c2ccc(C(=O)C=Cc3ccc(OCc4cn(CC(O)(Cn5cncn5)c5ccc(F)cc5F)nn4)cc3)cc2)CC1. The second-order valence-electron chi connectivity index (χ2n) is 12.1.